The zero-order valence-corrected chi connectivity index (χ0v) is 17.5. The molecule has 0 bridgehead atoms. The van der Waals surface area contributed by atoms with Gasteiger partial charge in [0.2, 0.25) is 0 Å². The van der Waals surface area contributed by atoms with E-state index in [1.807, 2.05) is 56.3 Å². The lowest BCUT2D eigenvalue weighted by Gasteiger charge is -2.35. The normalized spacial score (nSPS) is 15.7. The van der Waals surface area contributed by atoms with Crippen LogP contribution in [0.5, 0.6) is 5.75 Å². The highest BCUT2D eigenvalue weighted by atomic mass is 19.1. The van der Waals surface area contributed by atoms with E-state index >= 15 is 0 Å². The third-order valence-electron chi connectivity index (χ3n) is 5.94. The highest BCUT2D eigenvalue weighted by Gasteiger charge is 2.35. The van der Waals surface area contributed by atoms with Gasteiger partial charge in [-0.1, -0.05) is 47.5 Å². The Hall–Kier alpha value is -3.60. The van der Waals surface area contributed by atoms with E-state index in [2.05, 4.69) is 4.98 Å². The fourth-order valence-electron chi connectivity index (χ4n) is 4.33. The summed E-state index contributed by atoms with van der Waals surface area (Å²) in [7, 11) is 0. The first-order chi connectivity index (χ1) is 15.0. The van der Waals surface area contributed by atoms with Crippen LogP contribution in [-0.4, -0.2) is 22.5 Å². The van der Waals surface area contributed by atoms with Crippen LogP contribution in [0.25, 0.3) is 10.9 Å². The Kier molecular flexibility index (Phi) is 4.74. The molecule has 156 valence electrons. The smallest absolute Gasteiger partial charge is 0.410 e. The Morgan fingerprint density at radius 3 is 2.39 bits per heavy atom. The summed E-state index contributed by atoms with van der Waals surface area (Å²) < 4.78 is 19.5. The number of carbonyl (C=O) groups excluding carboxylic acids is 1. The molecule has 4 aromatic rings. The molecular formula is C26H23FN2O2. The lowest BCUT2D eigenvalue weighted by molar-refractivity contribution is 0.135. The van der Waals surface area contributed by atoms with Gasteiger partial charge in [-0.15, -0.1) is 0 Å². The van der Waals surface area contributed by atoms with Crippen LogP contribution in [0.4, 0.5) is 9.18 Å². The summed E-state index contributed by atoms with van der Waals surface area (Å²) in [5, 5.41) is 1.00. The zero-order chi connectivity index (χ0) is 21.5. The number of H-pyrrole nitrogens is 1. The van der Waals surface area contributed by atoms with Gasteiger partial charge >= 0.3 is 6.09 Å². The van der Waals surface area contributed by atoms with Gasteiger partial charge in [-0.05, 0) is 61.7 Å². The minimum atomic E-state index is -0.398. The number of aromatic amines is 1. The van der Waals surface area contributed by atoms with Crippen LogP contribution in [-0.2, 0) is 6.42 Å². The number of amides is 1. The third-order valence-corrected chi connectivity index (χ3v) is 5.94. The molecule has 5 rings (SSSR count). The largest absolute Gasteiger partial charge is 0.416 e. The number of rotatable bonds is 2. The maximum atomic E-state index is 13.8. The first kappa shape index (κ1) is 19.4. The fourth-order valence-corrected chi connectivity index (χ4v) is 4.33. The number of fused-ring (bicyclic) bond motifs is 3. The van der Waals surface area contributed by atoms with Crippen molar-refractivity contribution in [3.05, 3.63) is 100 Å². The van der Waals surface area contributed by atoms with E-state index in [4.69, 9.17) is 4.74 Å². The van der Waals surface area contributed by atoms with E-state index in [1.165, 1.54) is 12.1 Å². The summed E-state index contributed by atoms with van der Waals surface area (Å²) in [6.45, 7) is 4.54. The summed E-state index contributed by atoms with van der Waals surface area (Å²) >= 11 is 0. The molecule has 0 spiro atoms. The SMILES string of the molecule is Cc1ccc(OC(=O)N2CCc3c([nH]c4cc(F)ccc34)C2c2ccc(C)cc2)cc1. The van der Waals surface area contributed by atoms with Crippen molar-refractivity contribution in [2.45, 2.75) is 26.3 Å². The fraction of sp³-hybridized carbons (Fsp3) is 0.192. The minimum absolute atomic E-state index is 0.284. The van der Waals surface area contributed by atoms with Crippen LogP contribution < -0.4 is 4.74 Å². The Morgan fingerprint density at radius 1 is 1.00 bits per heavy atom. The van der Waals surface area contributed by atoms with Crippen LogP contribution in [0.15, 0.2) is 66.7 Å². The second kappa shape index (κ2) is 7.58. The number of aromatic nitrogens is 1. The summed E-state index contributed by atoms with van der Waals surface area (Å²) in [5.74, 6) is 0.233. The second-order valence-corrected chi connectivity index (χ2v) is 8.14. The molecule has 31 heavy (non-hydrogen) atoms. The van der Waals surface area contributed by atoms with Gasteiger partial charge in [-0.2, -0.15) is 0 Å². The molecule has 1 aliphatic rings. The van der Waals surface area contributed by atoms with Gasteiger partial charge in [0.15, 0.2) is 0 Å². The van der Waals surface area contributed by atoms with Crippen molar-refractivity contribution >= 4 is 17.0 Å². The Bertz CT molecular complexity index is 1260. The van der Waals surface area contributed by atoms with Gasteiger partial charge < -0.3 is 9.72 Å². The molecule has 3 aromatic carbocycles. The van der Waals surface area contributed by atoms with E-state index in [0.29, 0.717) is 18.7 Å². The molecule has 1 unspecified atom stereocenters. The molecule has 0 aliphatic carbocycles. The highest BCUT2D eigenvalue weighted by Crippen LogP contribution is 2.39. The lowest BCUT2D eigenvalue weighted by Crippen LogP contribution is -2.42. The van der Waals surface area contributed by atoms with Gasteiger partial charge in [0.05, 0.1) is 0 Å². The zero-order valence-electron chi connectivity index (χ0n) is 17.5. The number of aryl methyl sites for hydroxylation is 2. The van der Waals surface area contributed by atoms with Crippen LogP contribution in [0.1, 0.15) is 34.0 Å². The van der Waals surface area contributed by atoms with Crippen LogP contribution >= 0.6 is 0 Å². The lowest BCUT2D eigenvalue weighted by atomic mass is 9.92. The molecule has 1 N–H and O–H groups in total. The van der Waals surface area contributed by atoms with E-state index in [0.717, 1.165) is 38.9 Å². The van der Waals surface area contributed by atoms with Crippen molar-refractivity contribution in [2.75, 3.05) is 6.54 Å². The van der Waals surface area contributed by atoms with Crippen molar-refractivity contribution in [1.29, 1.82) is 0 Å². The number of ether oxygens (including phenoxy) is 1. The molecule has 1 amide bonds. The van der Waals surface area contributed by atoms with Crippen LogP contribution in [0, 0.1) is 19.7 Å². The van der Waals surface area contributed by atoms with Crippen LogP contribution in [0.3, 0.4) is 0 Å². The molecule has 0 saturated carbocycles. The van der Waals surface area contributed by atoms with Gasteiger partial charge in [0.1, 0.15) is 17.6 Å². The van der Waals surface area contributed by atoms with E-state index < -0.39 is 6.09 Å². The first-order valence-corrected chi connectivity index (χ1v) is 10.4. The monoisotopic (exact) mass is 414 g/mol. The van der Waals surface area contributed by atoms with Crippen molar-refractivity contribution < 1.29 is 13.9 Å². The third kappa shape index (κ3) is 3.56. The molecule has 0 fully saturated rings. The standard InChI is InChI=1S/C26H23FN2O2/c1-16-3-7-18(8-4-16)25-24-22(21-12-9-19(27)15-23(21)28-24)13-14-29(25)26(30)31-20-10-5-17(2)6-11-20/h3-12,15,25,28H,13-14H2,1-2H3. The molecule has 5 heteroatoms. The summed E-state index contributed by atoms with van der Waals surface area (Å²) in [5.41, 5.74) is 6.02. The Labute approximate surface area is 180 Å². The predicted octanol–water partition coefficient (Wildman–Crippen LogP) is 6.07. The summed E-state index contributed by atoms with van der Waals surface area (Å²) in [4.78, 5) is 18.3. The van der Waals surface area contributed by atoms with Crippen molar-refractivity contribution in [1.82, 2.24) is 9.88 Å². The van der Waals surface area contributed by atoms with Gasteiger partial charge in [0, 0.05) is 23.1 Å². The molecule has 1 aromatic heterocycles. The van der Waals surface area contributed by atoms with E-state index in [9.17, 15) is 9.18 Å². The number of halogens is 1. The van der Waals surface area contributed by atoms with Gasteiger partial charge in [0.25, 0.3) is 0 Å². The summed E-state index contributed by atoms with van der Waals surface area (Å²) in [6, 6.07) is 20.0. The predicted molar refractivity (Wildman–Crippen MR) is 119 cm³/mol. The minimum Gasteiger partial charge on any atom is -0.410 e. The molecule has 1 aliphatic heterocycles. The second-order valence-electron chi connectivity index (χ2n) is 8.14. The van der Waals surface area contributed by atoms with E-state index in [-0.39, 0.29) is 11.9 Å². The maximum Gasteiger partial charge on any atom is 0.416 e. The number of hydrogen-bond donors (Lipinski definition) is 1. The molecule has 0 radical (unpaired) electrons. The van der Waals surface area contributed by atoms with Crippen LogP contribution in [0.2, 0.25) is 0 Å². The molecule has 0 saturated heterocycles. The highest BCUT2D eigenvalue weighted by molar-refractivity contribution is 5.86. The first-order valence-electron chi connectivity index (χ1n) is 10.4. The molecule has 1 atom stereocenters. The van der Waals surface area contributed by atoms with Crippen molar-refractivity contribution in [3.63, 3.8) is 0 Å². The Morgan fingerprint density at radius 2 is 1.68 bits per heavy atom. The molecular weight excluding hydrogens is 391 g/mol. The van der Waals surface area contributed by atoms with Crippen molar-refractivity contribution in [3.8, 4) is 5.75 Å². The maximum absolute atomic E-state index is 13.8. The topological polar surface area (TPSA) is 45.3 Å². The quantitative estimate of drug-likeness (QED) is 0.433. The van der Waals surface area contributed by atoms with Gasteiger partial charge in [-0.3, -0.25) is 4.90 Å². The average molecular weight is 414 g/mol. The average Bonchev–Trinajstić information content (AvgIpc) is 3.13. The number of carbonyl (C=O) groups is 1. The molecule has 2 heterocycles. The number of hydrogen-bond acceptors (Lipinski definition) is 2. The number of nitrogens with zero attached hydrogens (tertiary/aromatic N) is 1. The van der Waals surface area contributed by atoms with E-state index in [1.54, 1.807) is 17.0 Å². The summed E-state index contributed by atoms with van der Waals surface area (Å²) in [6.07, 6.45) is 0.275. The van der Waals surface area contributed by atoms with Crippen molar-refractivity contribution in [2.24, 2.45) is 0 Å². The van der Waals surface area contributed by atoms with Gasteiger partial charge in [-0.25, -0.2) is 9.18 Å². The number of benzene rings is 3. The number of nitrogens with one attached hydrogen (secondary N) is 1. The Balaban J connectivity index is 1.57. The molecule has 4 nitrogen and oxygen atoms in total.